The Hall–Kier alpha value is -1.98. The molecule has 3 rings (SSSR count). The quantitative estimate of drug-likeness (QED) is 0.831. The Morgan fingerprint density at radius 2 is 2.13 bits per heavy atom. The summed E-state index contributed by atoms with van der Waals surface area (Å²) in [4.78, 5) is 4.44. The highest BCUT2D eigenvalue weighted by Crippen LogP contribution is 2.40. The summed E-state index contributed by atoms with van der Waals surface area (Å²) in [5, 5.41) is 18.7. The fraction of sp³-hybridized carbons (Fsp3) is 0.444. The van der Waals surface area contributed by atoms with Gasteiger partial charge in [0.05, 0.1) is 6.54 Å². The number of hydrogen-bond donors (Lipinski definition) is 2. The predicted molar refractivity (Wildman–Crippen MR) is 87.6 cm³/mol. The van der Waals surface area contributed by atoms with Crippen LogP contribution in [0, 0.1) is 5.92 Å². The molecule has 2 atom stereocenters. The van der Waals surface area contributed by atoms with Crippen LogP contribution in [0.5, 0.6) is 0 Å². The van der Waals surface area contributed by atoms with E-state index in [1.54, 1.807) is 0 Å². The van der Waals surface area contributed by atoms with Crippen LogP contribution in [0.4, 0.5) is 0 Å². The lowest BCUT2D eigenvalue weighted by Crippen LogP contribution is -2.37. The van der Waals surface area contributed by atoms with Crippen molar-refractivity contribution >= 4 is 0 Å². The Balaban J connectivity index is 2.03. The molecule has 5 heteroatoms. The summed E-state index contributed by atoms with van der Waals surface area (Å²) in [6, 6.07) is 9.67. The highest BCUT2D eigenvalue weighted by atomic mass is 16.5. The van der Waals surface area contributed by atoms with Crippen LogP contribution < -0.4 is 5.32 Å². The van der Waals surface area contributed by atoms with E-state index in [0.717, 1.165) is 31.2 Å². The van der Waals surface area contributed by atoms with Crippen molar-refractivity contribution in [2.24, 2.45) is 5.92 Å². The molecule has 0 bridgehead atoms. The molecule has 5 nitrogen and oxygen atoms in total. The van der Waals surface area contributed by atoms with Gasteiger partial charge in [0, 0.05) is 5.92 Å². The van der Waals surface area contributed by atoms with E-state index in [1.165, 1.54) is 0 Å². The number of nitrogens with one attached hydrogen (secondary N) is 1. The molecule has 0 amide bonds. The molecule has 0 aliphatic heterocycles. The molecule has 2 aromatic rings. The maximum absolute atomic E-state index is 11.6. The molecule has 1 aromatic heterocycles. The van der Waals surface area contributed by atoms with Crippen LogP contribution in [0.25, 0.3) is 0 Å². The van der Waals surface area contributed by atoms with E-state index < -0.39 is 5.60 Å². The Labute approximate surface area is 136 Å². The third kappa shape index (κ3) is 3.21. The number of allylic oxidation sites excluding steroid dienone is 2. The topological polar surface area (TPSA) is 71.2 Å². The van der Waals surface area contributed by atoms with Crippen molar-refractivity contribution in [2.75, 3.05) is 7.05 Å². The van der Waals surface area contributed by atoms with Crippen LogP contribution >= 0.6 is 0 Å². The van der Waals surface area contributed by atoms with E-state index in [9.17, 15) is 5.11 Å². The summed E-state index contributed by atoms with van der Waals surface area (Å²) in [6.07, 6.45) is 8.18. The van der Waals surface area contributed by atoms with Crippen molar-refractivity contribution in [2.45, 2.75) is 37.8 Å². The fourth-order valence-corrected chi connectivity index (χ4v) is 3.23. The lowest BCUT2D eigenvalue weighted by atomic mass is 9.77. The van der Waals surface area contributed by atoms with Crippen LogP contribution in [0.15, 0.2) is 47.0 Å². The second-order valence-electron chi connectivity index (χ2n) is 6.01. The predicted octanol–water partition coefficient (Wildman–Crippen LogP) is 2.77. The van der Waals surface area contributed by atoms with Gasteiger partial charge < -0.3 is 14.9 Å². The fourth-order valence-electron chi connectivity index (χ4n) is 3.23. The van der Waals surface area contributed by atoms with E-state index in [-0.39, 0.29) is 5.92 Å². The molecule has 23 heavy (non-hydrogen) atoms. The van der Waals surface area contributed by atoms with Crippen molar-refractivity contribution in [3.05, 3.63) is 59.8 Å². The van der Waals surface area contributed by atoms with Gasteiger partial charge in [0.2, 0.25) is 11.7 Å². The Morgan fingerprint density at radius 3 is 2.91 bits per heavy atom. The number of hydrogen-bond acceptors (Lipinski definition) is 5. The Morgan fingerprint density at radius 1 is 1.30 bits per heavy atom. The second-order valence-corrected chi connectivity index (χ2v) is 6.01. The van der Waals surface area contributed by atoms with E-state index >= 15 is 0 Å². The summed E-state index contributed by atoms with van der Waals surface area (Å²) >= 11 is 0. The molecule has 1 aromatic carbocycles. The summed E-state index contributed by atoms with van der Waals surface area (Å²) in [6.45, 7) is 0.489. The van der Waals surface area contributed by atoms with Gasteiger partial charge in [0.15, 0.2) is 5.60 Å². The molecular weight excluding hydrogens is 290 g/mol. The molecular formula is C18H23N3O2. The monoisotopic (exact) mass is 313 g/mol. The van der Waals surface area contributed by atoms with Crippen molar-refractivity contribution in [3.8, 4) is 0 Å². The largest absolute Gasteiger partial charge is 0.377 e. The zero-order chi connectivity index (χ0) is 16.1. The van der Waals surface area contributed by atoms with Crippen molar-refractivity contribution in [1.29, 1.82) is 0 Å². The zero-order valence-corrected chi connectivity index (χ0v) is 13.4. The molecule has 1 aliphatic rings. The van der Waals surface area contributed by atoms with Gasteiger partial charge >= 0.3 is 0 Å². The molecule has 0 fully saturated rings. The average molecular weight is 313 g/mol. The first-order valence-corrected chi connectivity index (χ1v) is 8.15. The van der Waals surface area contributed by atoms with Gasteiger partial charge in [-0.3, -0.25) is 0 Å². The molecule has 1 heterocycles. The highest BCUT2D eigenvalue weighted by Gasteiger charge is 2.43. The van der Waals surface area contributed by atoms with Crippen LogP contribution in [0.3, 0.4) is 0 Å². The van der Waals surface area contributed by atoms with E-state index in [2.05, 4.69) is 27.6 Å². The summed E-state index contributed by atoms with van der Waals surface area (Å²) in [5.41, 5.74) is -0.414. The molecule has 2 N–H and O–H groups in total. The summed E-state index contributed by atoms with van der Waals surface area (Å²) in [5.74, 6) is 0.874. The van der Waals surface area contributed by atoms with Gasteiger partial charge in [0.1, 0.15) is 0 Å². The van der Waals surface area contributed by atoms with E-state index in [0.29, 0.717) is 18.3 Å². The van der Waals surface area contributed by atoms with Crippen LogP contribution in [0.1, 0.15) is 43.0 Å². The lowest BCUT2D eigenvalue weighted by Gasteiger charge is -2.33. The number of aromatic nitrogens is 2. The molecule has 0 saturated carbocycles. The van der Waals surface area contributed by atoms with Crippen LogP contribution in [-0.4, -0.2) is 22.3 Å². The summed E-state index contributed by atoms with van der Waals surface area (Å²) < 4.78 is 5.29. The van der Waals surface area contributed by atoms with Gasteiger partial charge in [0.25, 0.3) is 0 Å². The first-order chi connectivity index (χ1) is 11.2. The van der Waals surface area contributed by atoms with Gasteiger partial charge in [-0.05, 0) is 38.3 Å². The van der Waals surface area contributed by atoms with Gasteiger partial charge in [-0.25, -0.2) is 0 Å². The van der Waals surface area contributed by atoms with Crippen molar-refractivity contribution in [3.63, 3.8) is 0 Å². The van der Waals surface area contributed by atoms with Gasteiger partial charge in [-0.2, -0.15) is 4.98 Å². The van der Waals surface area contributed by atoms with Crippen LogP contribution in [0.2, 0.25) is 0 Å². The number of aliphatic hydroxyl groups is 1. The number of rotatable bonds is 5. The highest BCUT2D eigenvalue weighted by molar-refractivity contribution is 5.30. The maximum Gasteiger partial charge on any atom is 0.240 e. The smallest absolute Gasteiger partial charge is 0.240 e. The first-order valence-electron chi connectivity index (χ1n) is 8.15. The zero-order valence-electron chi connectivity index (χ0n) is 13.4. The minimum absolute atomic E-state index is 0.0312. The number of nitrogens with zero attached hydrogens (tertiary/aromatic N) is 2. The van der Waals surface area contributed by atoms with Gasteiger partial charge in [-0.1, -0.05) is 47.6 Å². The SMILES string of the molecule is CNCc1nc(C(O)(c2ccccc2)C2CC=CCCC2)no1. The Kier molecular flexibility index (Phi) is 4.88. The first kappa shape index (κ1) is 15.9. The molecule has 0 saturated heterocycles. The minimum atomic E-state index is -1.23. The lowest BCUT2D eigenvalue weighted by molar-refractivity contribution is 0.00310. The average Bonchev–Trinajstić information content (AvgIpc) is 2.89. The Bertz CT molecular complexity index is 653. The molecule has 0 radical (unpaired) electrons. The van der Waals surface area contributed by atoms with E-state index in [1.807, 2.05) is 37.4 Å². The van der Waals surface area contributed by atoms with Crippen molar-refractivity contribution in [1.82, 2.24) is 15.5 Å². The third-order valence-corrected chi connectivity index (χ3v) is 4.45. The normalized spacial score (nSPS) is 20.9. The van der Waals surface area contributed by atoms with Crippen LogP contribution in [-0.2, 0) is 12.1 Å². The molecule has 2 unspecified atom stereocenters. The van der Waals surface area contributed by atoms with Gasteiger partial charge in [-0.15, -0.1) is 0 Å². The van der Waals surface area contributed by atoms with E-state index in [4.69, 9.17) is 4.52 Å². The standard InChI is InChI=1S/C18H23N3O2/c1-19-13-16-20-17(21-23-16)18(22,15-11-7-4-8-12-15)14-9-5-2-3-6-10-14/h2,4-5,7-8,11-12,14,19,22H,3,6,9-10,13H2,1H3. The van der Waals surface area contributed by atoms with Crippen molar-refractivity contribution < 1.29 is 9.63 Å². The third-order valence-electron chi connectivity index (χ3n) is 4.45. The molecule has 0 spiro atoms. The minimum Gasteiger partial charge on any atom is -0.377 e. The summed E-state index contributed by atoms with van der Waals surface area (Å²) in [7, 11) is 1.82. The second kappa shape index (κ2) is 7.06. The maximum atomic E-state index is 11.6. The molecule has 122 valence electrons. The molecule has 1 aliphatic carbocycles. The number of benzene rings is 1.